The minimum atomic E-state index is -0.787. The molecule has 1 heterocycles. The van der Waals surface area contributed by atoms with E-state index in [9.17, 15) is 9.90 Å². The van der Waals surface area contributed by atoms with Crippen molar-refractivity contribution < 1.29 is 19.7 Å². The van der Waals surface area contributed by atoms with Crippen LogP contribution in [0.25, 0.3) is 0 Å². The third kappa shape index (κ3) is 8.84. The Balaban J connectivity index is 1.99. The molecule has 1 fully saturated rings. The first-order chi connectivity index (χ1) is 11.4. The van der Waals surface area contributed by atoms with E-state index in [1.807, 2.05) is 6.08 Å². The molecule has 0 aromatic carbocycles. The number of aliphatic hydroxyl groups is 1. The second-order valence-corrected chi connectivity index (χ2v) is 7.65. The number of hydrogen-bond acceptors (Lipinski definition) is 3. The van der Waals surface area contributed by atoms with Gasteiger partial charge in [-0.25, -0.2) is 0 Å². The Hall–Kier alpha value is -0.870. The van der Waals surface area contributed by atoms with Crippen LogP contribution in [-0.2, 0) is 9.53 Å². The number of aliphatic carboxylic acids is 1. The van der Waals surface area contributed by atoms with E-state index >= 15 is 0 Å². The van der Waals surface area contributed by atoms with Crippen molar-refractivity contribution in [3.05, 3.63) is 12.2 Å². The van der Waals surface area contributed by atoms with Gasteiger partial charge in [0.2, 0.25) is 0 Å². The van der Waals surface area contributed by atoms with Crippen LogP contribution in [0.2, 0.25) is 0 Å². The van der Waals surface area contributed by atoms with E-state index in [1.165, 1.54) is 12.8 Å². The number of carbonyl (C=O) groups is 1. The van der Waals surface area contributed by atoms with Crippen molar-refractivity contribution in [2.75, 3.05) is 0 Å². The van der Waals surface area contributed by atoms with E-state index in [0.29, 0.717) is 12.2 Å². The summed E-state index contributed by atoms with van der Waals surface area (Å²) in [4.78, 5) is 11.0. The molecule has 1 rings (SSSR count). The normalized spacial score (nSPS) is 22.0. The highest BCUT2D eigenvalue weighted by atomic mass is 16.6. The molecule has 1 saturated heterocycles. The van der Waals surface area contributed by atoms with Crippen molar-refractivity contribution >= 4 is 5.97 Å². The number of ether oxygens (including phenoxy) is 1. The zero-order valence-electron chi connectivity index (χ0n) is 15.7. The predicted octanol–water partition coefficient (Wildman–Crippen LogP) is 4.70. The summed E-state index contributed by atoms with van der Waals surface area (Å²) in [6.45, 7) is 5.61. The molecule has 0 amide bonds. The molecular weight excluding hydrogens is 304 g/mol. The predicted molar refractivity (Wildman–Crippen MR) is 97.1 cm³/mol. The lowest BCUT2D eigenvalue weighted by molar-refractivity contribution is -0.144. The maximum absolute atomic E-state index is 11.0. The van der Waals surface area contributed by atoms with Crippen molar-refractivity contribution in [2.45, 2.75) is 103 Å². The van der Waals surface area contributed by atoms with Gasteiger partial charge < -0.3 is 14.9 Å². The number of carboxylic acid groups (broad SMARTS) is 1. The van der Waals surface area contributed by atoms with Crippen LogP contribution in [0.1, 0.15) is 85.0 Å². The summed E-state index contributed by atoms with van der Waals surface area (Å²) < 4.78 is 5.68. The minimum absolute atomic E-state index is 0.163. The zero-order valence-corrected chi connectivity index (χ0v) is 15.7. The van der Waals surface area contributed by atoms with Crippen molar-refractivity contribution in [3.8, 4) is 0 Å². The molecular formula is C20H36O4. The topological polar surface area (TPSA) is 70.1 Å². The lowest BCUT2D eigenvalue weighted by Gasteiger charge is -2.12. The van der Waals surface area contributed by atoms with E-state index in [0.717, 1.165) is 51.4 Å². The zero-order chi connectivity index (χ0) is 18.0. The average molecular weight is 341 g/mol. The molecule has 0 aromatic rings. The Kier molecular flexibility index (Phi) is 9.60. The molecule has 1 aliphatic heterocycles. The Morgan fingerprint density at radius 1 is 1.12 bits per heavy atom. The first-order valence-corrected chi connectivity index (χ1v) is 9.61. The Morgan fingerprint density at radius 2 is 1.83 bits per heavy atom. The van der Waals surface area contributed by atoms with Crippen molar-refractivity contribution in [2.24, 2.45) is 5.41 Å². The van der Waals surface area contributed by atoms with Crippen molar-refractivity contribution in [1.82, 2.24) is 0 Å². The van der Waals surface area contributed by atoms with E-state index in [-0.39, 0.29) is 6.10 Å². The monoisotopic (exact) mass is 340 g/mol. The standard InChI is InChI=1S/C20H36O4/c1-4-5-8-11-16(21)13-14-18-17(24-18)12-9-6-7-10-15-20(2,3)19(22)23/h10,15-18,21H,4-9,11-14H2,1-3H3,(H,22,23). The number of carboxylic acids is 1. The fourth-order valence-electron chi connectivity index (χ4n) is 2.87. The Bertz CT molecular complexity index is 389. The molecule has 140 valence electrons. The van der Waals surface area contributed by atoms with Gasteiger partial charge in [-0.05, 0) is 52.4 Å². The number of rotatable bonds is 14. The summed E-state index contributed by atoms with van der Waals surface area (Å²) in [5, 5.41) is 18.9. The quantitative estimate of drug-likeness (QED) is 0.273. The third-order valence-corrected chi connectivity index (χ3v) is 4.81. The number of aliphatic hydroxyl groups excluding tert-OH is 1. The fraction of sp³-hybridized carbons (Fsp3) is 0.850. The summed E-state index contributed by atoms with van der Waals surface area (Å²) in [5.74, 6) is -0.787. The second-order valence-electron chi connectivity index (χ2n) is 7.65. The highest BCUT2D eigenvalue weighted by Crippen LogP contribution is 2.32. The van der Waals surface area contributed by atoms with Crippen LogP contribution in [0.4, 0.5) is 0 Å². The van der Waals surface area contributed by atoms with Gasteiger partial charge in [0.25, 0.3) is 0 Å². The summed E-state index contributed by atoms with van der Waals surface area (Å²) in [6, 6.07) is 0. The van der Waals surface area contributed by atoms with Crippen LogP contribution < -0.4 is 0 Å². The van der Waals surface area contributed by atoms with E-state index in [2.05, 4.69) is 6.92 Å². The molecule has 0 spiro atoms. The van der Waals surface area contributed by atoms with Crippen LogP contribution in [0.3, 0.4) is 0 Å². The Morgan fingerprint density at radius 3 is 2.50 bits per heavy atom. The molecule has 3 unspecified atom stereocenters. The van der Waals surface area contributed by atoms with E-state index < -0.39 is 11.4 Å². The highest BCUT2D eigenvalue weighted by molar-refractivity contribution is 5.75. The lowest BCUT2D eigenvalue weighted by Crippen LogP contribution is -2.20. The van der Waals surface area contributed by atoms with Crippen LogP contribution in [0.5, 0.6) is 0 Å². The molecule has 0 radical (unpaired) electrons. The molecule has 4 heteroatoms. The number of epoxide rings is 1. The van der Waals surface area contributed by atoms with Gasteiger partial charge in [0.1, 0.15) is 0 Å². The largest absolute Gasteiger partial charge is 0.481 e. The summed E-state index contributed by atoms with van der Waals surface area (Å²) >= 11 is 0. The number of allylic oxidation sites excluding steroid dienone is 1. The fourth-order valence-corrected chi connectivity index (χ4v) is 2.87. The molecule has 2 N–H and O–H groups in total. The van der Waals surface area contributed by atoms with Gasteiger partial charge in [-0.3, -0.25) is 4.79 Å². The first kappa shape index (κ1) is 21.2. The van der Waals surface area contributed by atoms with Gasteiger partial charge in [-0.1, -0.05) is 44.8 Å². The summed E-state index contributed by atoms with van der Waals surface area (Å²) in [6.07, 6.45) is 14.8. The maximum atomic E-state index is 11.0. The van der Waals surface area contributed by atoms with Gasteiger partial charge in [-0.15, -0.1) is 0 Å². The number of hydrogen-bond donors (Lipinski definition) is 2. The van der Waals surface area contributed by atoms with Crippen LogP contribution in [-0.4, -0.2) is 34.5 Å². The molecule has 0 aromatic heterocycles. The highest BCUT2D eigenvalue weighted by Gasteiger charge is 2.37. The lowest BCUT2D eigenvalue weighted by atomic mass is 9.93. The van der Waals surface area contributed by atoms with Gasteiger partial charge in [-0.2, -0.15) is 0 Å². The van der Waals surface area contributed by atoms with E-state index in [1.54, 1.807) is 19.9 Å². The van der Waals surface area contributed by atoms with E-state index in [4.69, 9.17) is 9.84 Å². The van der Waals surface area contributed by atoms with Gasteiger partial charge in [0.05, 0.1) is 23.7 Å². The molecule has 0 bridgehead atoms. The maximum Gasteiger partial charge on any atom is 0.312 e. The molecule has 4 nitrogen and oxygen atoms in total. The first-order valence-electron chi connectivity index (χ1n) is 9.61. The van der Waals surface area contributed by atoms with Crippen LogP contribution in [0.15, 0.2) is 12.2 Å². The molecule has 0 aliphatic carbocycles. The summed E-state index contributed by atoms with van der Waals surface area (Å²) in [5.41, 5.74) is -0.775. The SMILES string of the molecule is CCCCCC(O)CCC1OC1CCCCC=CC(C)(C)C(=O)O. The van der Waals surface area contributed by atoms with Gasteiger partial charge in [0, 0.05) is 0 Å². The average Bonchev–Trinajstić information content (AvgIpc) is 3.27. The smallest absolute Gasteiger partial charge is 0.312 e. The van der Waals surface area contributed by atoms with Crippen molar-refractivity contribution in [3.63, 3.8) is 0 Å². The van der Waals surface area contributed by atoms with Gasteiger partial charge >= 0.3 is 5.97 Å². The number of unbranched alkanes of at least 4 members (excludes halogenated alkanes) is 4. The third-order valence-electron chi connectivity index (χ3n) is 4.81. The molecule has 1 aliphatic rings. The van der Waals surface area contributed by atoms with Gasteiger partial charge in [0.15, 0.2) is 0 Å². The van der Waals surface area contributed by atoms with Crippen LogP contribution in [0, 0.1) is 5.41 Å². The molecule has 3 atom stereocenters. The second kappa shape index (κ2) is 10.9. The summed E-state index contributed by atoms with van der Waals surface area (Å²) in [7, 11) is 0. The molecule has 24 heavy (non-hydrogen) atoms. The molecule has 0 saturated carbocycles. The van der Waals surface area contributed by atoms with Crippen LogP contribution >= 0.6 is 0 Å². The Labute approximate surface area is 147 Å². The van der Waals surface area contributed by atoms with Crippen molar-refractivity contribution in [1.29, 1.82) is 0 Å². The minimum Gasteiger partial charge on any atom is -0.481 e.